The summed E-state index contributed by atoms with van der Waals surface area (Å²) in [5.74, 6) is 1.23. The van der Waals surface area contributed by atoms with Gasteiger partial charge in [-0.15, -0.1) is 11.8 Å². The van der Waals surface area contributed by atoms with E-state index in [4.69, 9.17) is 10.8 Å². The number of benzene rings is 1. The van der Waals surface area contributed by atoms with Gasteiger partial charge >= 0.3 is 0 Å². The number of halogens is 1. The molecule has 0 aliphatic rings. The Morgan fingerprint density at radius 2 is 2.20 bits per heavy atom. The molecule has 0 bridgehead atoms. The van der Waals surface area contributed by atoms with Gasteiger partial charge in [0.25, 0.3) is 0 Å². The number of aryl methyl sites for hydroxylation is 1. The predicted molar refractivity (Wildman–Crippen MR) is 70.3 cm³/mol. The van der Waals surface area contributed by atoms with Crippen molar-refractivity contribution < 1.29 is 5.11 Å². The first kappa shape index (κ1) is 12.9. The van der Waals surface area contributed by atoms with Crippen molar-refractivity contribution in [2.24, 2.45) is 5.92 Å². The summed E-state index contributed by atoms with van der Waals surface area (Å²) < 4.78 is 1.03. The molecule has 3 N–H and O–H groups in total. The van der Waals surface area contributed by atoms with Crippen molar-refractivity contribution in [3.8, 4) is 0 Å². The Labute approximate surface area is 103 Å². The zero-order chi connectivity index (χ0) is 11.4. The minimum Gasteiger partial charge on any atom is -0.398 e. The Kier molecular flexibility index (Phi) is 4.96. The van der Waals surface area contributed by atoms with Crippen LogP contribution in [0.25, 0.3) is 0 Å². The van der Waals surface area contributed by atoms with Crippen molar-refractivity contribution in [1.29, 1.82) is 0 Å². The van der Waals surface area contributed by atoms with Gasteiger partial charge in [-0.1, -0.05) is 6.92 Å². The van der Waals surface area contributed by atoms with E-state index in [-0.39, 0.29) is 6.61 Å². The maximum atomic E-state index is 8.94. The quantitative estimate of drug-likeness (QED) is 0.662. The molecule has 1 aromatic rings. The number of aliphatic hydroxyl groups is 1. The van der Waals surface area contributed by atoms with Gasteiger partial charge in [-0.05, 0) is 46.5 Å². The number of nitrogens with two attached hydrogens (primary N) is 1. The van der Waals surface area contributed by atoms with Gasteiger partial charge in [0.2, 0.25) is 0 Å². The topological polar surface area (TPSA) is 46.2 Å². The lowest BCUT2D eigenvalue weighted by molar-refractivity contribution is 0.250. The molecule has 0 aliphatic heterocycles. The van der Waals surface area contributed by atoms with Crippen molar-refractivity contribution in [2.75, 3.05) is 18.1 Å². The summed E-state index contributed by atoms with van der Waals surface area (Å²) in [6, 6.07) is 4.01. The summed E-state index contributed by atoms with van der Waals surface area (Å²) >= 11 is 5.23. The van der Waals surface area contributed by atoms with Crippen molar-refractivity contribution in [1.82, 2.24) is 0 Å². The Morgan fingerprint density at radius 1 is 1.53 bits per heavy atom. The van der Waals surface area contributed by atoms with Gasteiger partial charge < -0.3 is 10.8 Å². The van der Waals surface area contributed by atoms with E-state index in [9.17, 15) is 0 Å². The second-order valence-electron chi connectivity index (χ2n) is 3.74. The van der Waals surface area contributed by atoms with Crippen LogP contribution in [0.15, 0.2) is 21.5 Å². The first-order valence-electron chi connectivity index (χ1n) is 4.84. The van der Waals surface area contributed by atoms with E-state index in [1.807, 2.05) is 19.9 Å². The molecule has 1 aromatic carbocycles. The normalized spacial score (nSPS) is 12.8. The molecule has 1 atom stereocenters. The predicted octanol–water partition coefficient (Wildman–Crippen LogP) is 3.06. The van der Waals surface area contributed by atoms with E-state index in [2.05, 4.69) is 22.0 Å². The zero-order valence-electron chi connectivity index (χ0n) is 8.96. The summed E-state index contributed by atoms with van der Waals surface area (Å²) in [5.41, 5.74) is 7.69. The van der Waals surface area contributed by atoms with Crippen LogP contribution in [-0.4, -0.2) is 17.5 Å². The number of nitrogen functional groups attached to an aromatic ring is 1. The van der Waals surface area contributed by atoms with E-state index in [0.717, 1.165) is 21.5 Å². The second kappa shape index (κ2) is 5.77. The van der Waals surface area contributed by atoms with Gasteiger partial charge in [-0.3, -0.25) is 0 Å². The Hall–Kier alpha value is -0.190. The molecule has 0 aliphatic carbocycles. The van der Waals surface area contributed by atoms with Crippen molar-refractivity contribution in [3.05, 3.63) is 22.2 Å². The van der Waals surface area contributed by atoms with Crippen LogP contribution in [-0.2, 0) is 0 Å². The van der Waals surface area contributed by atoms with E-state index < -0.39 is 0 Å². The van der Waals surface area contributed by atoms with Crippen molar-refractivity contribution >= 4 is 33.4 Å². The molecule has 0 fully saturated rings. The van der Waals surface area contributed by atoms with Crippen LogP contribution >= 0.6 is 27.7 Å². The lowest BCUT2D eigenvalue weighted by atomic mass is 10.2. The number of aliphatic hydroxyl groups excluding tert-OH is 1. The van der Waals surface area contributed by atoms with Crippen LogP contribution in [0.1, 0.15) is 12.5 Å². The van der Waals surface area contributed by atoms with Gasteiger partial charge in [0, 0.05) is 27.4 Å². The Balaban J connectivity index is 2.73. The van der Waals surface area contributed by atoms with Crippen LogP contribution in [0.2, 0.25) is 0 Å². The molecule has 0 saturated heterocycles. The third-order valence-electron chi connectivity index (χ3n) is 2.16. The maximum Gasteiger partial charge on any atom is 0.0464 e. The molecule has 0 aromatic heterocycles. The first-order valence-corrected chi connectivity index (χ1v) is 6.61. The highest BCUT2D eigenvalue weighted by Gasteiger charge is 2.06. The number of rotatable bonds is 4. The molecule has 0 spiro atoms. The summed E-state index contributed by atoms with van der Waals surface area (Å²) in [5, 5.41) is 8.94. The lowest BCUT2D eigenvalue weighted by Gasteiger charge is -2.10. The Morgan fingerprint density at radius 3 is 2.80 bits per heavy atom. The fourth-order valence-electron chi connectivity index (χ4n) is 1.07. The number of thioether (sulfide) groups is 1. The van der Waals surface area contributed by atoms with Crippen molar-refractivity contribution in [3.63, 3.8) is 0 Å². The highest BCUT2D eigenvalue weighted by molar-refractivity contribution is 9.10. The Bertz CT molecular complexity index is 344. The fraction of sp³-hybridized carbons (Fsp3) is 0.455. The van der Waals surface area contributed by atoms with Gasteiger partial charge in [-0.25, -0.2) is 0 Å². The molecule has 0 amide bonds. The van der Waals surface area contributed by atoms with Gasteiger partial charge in [-0.2, -0.15) is 0 Å². The zero-order valence-corrected chi connectivity index (χ0v) is 11.4. The van der Waals surface area contributed by atoms with E-state index in [1.54, 1.807) is 11.8 Å². The van der Waals surface area contributed by atoms with Crippen molar-refractivity contribution in [2.45, 2.75) is 18.7 Å². The van der Waals surface area contributed by atoms with Gasteiger partial charge in [0.05, 0.1) is 0 Å². The molecule has 15 heavy (non-hydrogen) atoms. The van der Waals surface area contributed by atoms with Crippen LogP contribution in [0.5, 0.6) is 0 Å². The molecule has 4 heteroatoms. The largest absolute Gasteiger partial charge is 0.398 e. The molecule has 2 nitrogen and oxygen atoms in total. The van der Waals surface area contributed by atoms with Gasteiger partial charge in [0.15, 0.2) is 0 Å². The average Bonchev–Trinajstić information content (AvgIpc) is 2.21. The second-order valence-corrected chi connectivity index (χ2v) is 5.65. The van der Waals surface area contributed by atoms with Crippen LogP contribution in [0.3, 0.4) is 0 Å². The third-order valence-corrected chi connectivity index (χ3v) is 4.46. The number of hydrogen-bond donors (Lipinski definition) is 2. The molecule has 84 valence electrons. The molecule has 0 heterocycles. The molecule has 1 unspecified atom stereocenters. The molecular weight excluding hydrogens is 274 g/mol. The fourth-order valence-corrected chi connectivity index (χ4v) is 2.80. The summed E-state index contributed by atoms with van der Waals surface area (Å²) in [7, 11) is 0. The third kappa shape index (κ3) is 3.70. The standard InChI is InChI=1S/C11H16BrNOS/c1-7(5-14)6-15-11-3-8(2)10(13)4-9(11)12/h3-4,7,14H,5-6,13H2,1-2H3. The SMILES string of the molecule is Cc1cc(SCC(C)CO)c(Br)cc1N. The summed E-state index contributed by atoms with van der Waals surface area (Å²) in [4.78, 5) is 1.18. The smallest absolute Gasteiger partial charge is 0.0464 e. The van der Waals surface area contributed by atoms with E-state index in [0.29, 0.717) is 5.92 Å². The number of anilines is 1. The summed E-state index contributed by atoms with van der Waals surface area (Å²) in [6.07, 6.45) is 0. The molecular formula is C11H16BrNOS. The molecule has 0 radical (unpaired) electrons. The first-order chi connectivity index (χ1) is 7.04. The summed E-state index contributed by atoms with van der Waals surface area (Å²) in [6.45, 7) is 4.27. The van der Waals surface area contributed by atoms with Crippen LogP contribution < -0.4 is 5.73 Å². The van der Waals surface area contributed by atoms with Gasteiger partial charge in [0.1, 0.15) is 0 Å². The maximum absolute atomic E-state index is 8.94. The highest BCUT2D eigenvalue weighted by Crippen LogP contribution is 2.32. The van der Waals surface area contributed by atoms with E-state index in [1.165, 1.54) is 4.90 Å². The van der Waals surface area contributed by atoms with Crippen LogP contribution in [0.4, 0.5) is 5.69 Å². The van der Waals surface area contributed by atoms with E-state index >= 15 is 0 Å². The number of hydrogen-bond acceptors (Lipinski definition) is 3. The minimum atomic E-state index is 0.235. The monoisotopic (exact) mass is 289 g/mol. The minimum absolute atomic E-state index is 0.235. The molecule has 0 saturated carbocycles. The lowest BCUT2D eigenvalue weighted by Crippen LogP contribution is -2.03. The molecule has 1 rings (SSSR count). The highest BCUT2D eigenvalue weighted by atomic mass is 79.9. The average molecular weight is 290 g/mol. The van der Waals surface area contributed by atoms with Crippen LogP contribution in [0, 0.1) is 12.8 Å².